The molecule has 0 spiro atoms. The predicted molar refractivity (Wildman–Crippen MR) is 131 cm³/mol. The van der Waals surface area contributed by atoms with Crippen LogP contribution >= 0.6 is 23.4 Å². The van der Waals surface area contributed by atoms with Crippen molar-refractivity contribution < 1.29 is 23.9 Å². The number of likely N-dealkylation sites (tertiary alicyclic amines) is 1. The Morgan fingerprint density at radius 3 is 2.38 bits per heavy atom. The highest BCUT2D eigenvalue weighted by molar-refractivity contribution is 8.18. The molecule has 2 aliphatic heterocycles. The van der Waals surface area contributed by atoms with E-state index in [2.05, 4.69) is 5.32 Å². The fraction of sp³-hybridized carbons (Fsp3) is 0.250. The molecule has 2 heterocycles. The monoisotopic (exact) mass is 499 g/mol. The number of benzene rings is 2. The lowest BCUT2D eigenvalue weighted by atomic mass is 10.2. The lowest BCUT2D eigenvalue weighted by molar-refractivity contribution is -0.135. The van der Waals surface area contributed by atoms with E-state index in [4.69, 9.17) is 16.3 Å². The molecule has 0 aliphatic carbocycles. The number of nitrogens with one attached hydrogen (secondary N) is 1. The van der Waals surface area contributed by atoms with Gasteiger partial charge in [-0.25, -0.2) is 0 Å². The first kappa shape index (κ1) is 23.8. The molecule has 2 aromatic rings. The Balaban J connectivity index is 1.30. The van der Waals surface area contributed by atoms with Gasteiger partial charge in [-0.3, -0.25) is 24.1 Å². The van der Waals surface area contributed by atoms with Crippen molar-refractivity contribution in [2.45, 2.75) is 12.8 Å². The molecule has 2 saturated heterocycles. The van der Waals surface area contributed by atoms with Crippen LogP contribution in [0.1, 0.15) is 18.4 Å². The van der Waals surface area contributed by atoms with Crippen LogP contribution in [0.5, 0.6) is 5.75 Å². The summed E-state index contributed by atoms with van der Waals surface area (Å²) in [6.07, 6.45) is 3.49. The van der Waals surface area contributed by atoms with E-state index in [9.17, 15) is 19.2 Å². The van der Waals surface area contributed by atoms with Crippen molar-refractivity contribution >= 4 is 58.1 Å². The van der Waals surface area contributed by atoms with E-state index in [1.54, 1.807) is 59.5 Å². The largest absolute Gasteiger partial charge is 0.484 e. The fourth-order valence-corrected chi connectivity index (χ4v) is 4.49. The molecule has 0 atom stereocenters. The molecule has 2 fully saturated rings. The maximum Gasteiger partial charge on any atom is 0.294 e. The van der Waals surface area contributed by atoms with Crippen molar-refractivity contribution in [3.8, 4) is 5.75 Å². The number of hydrogen-bond acceptors (Lipinski definition) is 6. The average Bonchev–Trinajstić information content (AvgIpc) is 3.45. The van der Waals surface area contributed by atoms with E-state index < -0.39 is 11.1 Å². The number of carbonyl (C=O) groups excluding carboxylic acids is 4. The first-order valence-electron chi connectivity index (χ1n) is 10.7. The van der Waals surface area contributed by atoms with Crippen molar-refractivity contribution in [2.24, 2.45) is 0 Å². The zero-order chi connectivity index (χ0) is 24.1. The van der Waals surface area contributed by atoms with Crippen molar-refractivity contribution in [2.75, 3.05) is 31.6 Å². The molecule has 0 saturated carbocycles. The van der Waals surface area contributed by atoms with Gasteiger partial charge in [0.05, 0.1) is 4.91 Å². The van der Waals surface area contributed by atoms with Gasteiger partial charge in [0.25, 0.3) is 17.1 Å². The topological polar surface area (TPSA) is 96.0 Å². The van der Waals surface area contributed by atoms with E-state index in [0.717, 1.165) is 29.5 Å². The summed E-state index contributed by atoms with van der Waals surface area (Å²) in [6.45, 7) is 0.934. The second-order valence-electron chi connectivity index (χ2n) is 7.77. The molecule has 4 amide bonds. The van der Waals surface area contributed by atoms with E-state index in [-0.39, 0.29) is 29.9 Å². The number of imide groups is 1. The van der Waals surface area contributed by atoms with Gasteiger partial charge in [-0.05, 0) is 72.6 Å². The number of halogens is 1. The maximum atomic E-state index is 12.7. The lowest BCUT2D eigenvalue weighted by Crippen LogP contribution is -2.40. The zero-order valence-electron chi connectivity index (χ0n) is 18.2. The lowest BCUT2D eigenvalue weighted by Gasteiger charge is -2.18. The number of hydrogen-bond donors (Lipinski definition) is 1. The highest BCUT2D eigenvalue weighted by atomic mass is 35.5. The Kier molecular flexibility index (Phi) is 7.54. The van der Waals surface area contributed by atoms with Gasteiger partial charge in [-0.15, -0.1) is 0 Å². The first-order valence-corrected chi connectivity index (χ1v) is 11.9. The minimum atomic E-state index is -0.471. The van der Waals surface area contributed by atoms with E-state index in [1.165, 1.54) is 0 Å². The molecule has 10 heteroatoms. The van der Waals surface area contributed by atoms with Gasteiger partial charge in [0.1, 0.15) is 12.3 Å². The Bertz CT molecular complexity index is 1130. The number of nitrogens with zero attached hydrogens (tertiary/aromatic N) is 2. The summed E-state index contributed by atoms with van der Waals surface area (Å²) in [4.78, 5) is 52.2. The van der Waals surface area contributed by atoms with E-state index in [0.29, 0.717) is 35.1 Å². The molecule has 176 valence electrons. The van der Waals surface area contributed by atoms with Gasteiger partial charge in [0.15, 0.2) is 6.61 Å². The summed E-state index contributed by atoms with van der Waals surface area (Å²) >= 11 is 6.64. The third kappa shape index (κ3) is 5.98. The molecule has 0 unspecified atom stereocenters. The number of carbonyl (C=O) groups is 4. The fourth-order valence-electron chi connectivity index (χ4n) is 3.53. The van der Waals surface area contributed by atoms with Gasteiger partial charge in [-0.1, -0.05) is 23.7 Å². The number of rotatable bonds is 7. The zero-order valence-corrected chi connectivity index (χ0v) is 19.7. The first-order chi connectivity index (χ1) is 16.4. The molecular formula is C24H22ClN3O5S. The highest BCUT2D eigenvalue weighted by Gasteiger charge is 2.37. The van der Waals surface area contributed by atoms with E-state index in [1.807, 2.05) is 0 Å². The number of amides is 4. The minimum absolute atomic E-state index is 0.175. The van der Waals surface area contributed by atoms with Crippen LogP contribution in [-0.4, -0.2) is 59.0 Å². The van der Waals surface area contributed by atoms with Crippen LogP contribution in [0, 0.1) is 0 Å². The molecule has 2 aliphatic rings. The standard InChI is InChI=1S/C24H22ClN3O5S/c25-17-5-7-18(8-6-17)26-21(29)15-33-19-9-3-16(4-10-19)13-20-23(31)28(24(32)34-20)14-22(30)27-11-1-2-12-27/h3-10,13H,1-2,11-12,14-15H2,(H,26,29)/b20-13-. The number of anilines is 1. The van der Waals surface area contributed by atoms with Crippen LogP contribution in [0.4, 0.5) is 10.5 Å². The molecule has 34 heavy (non-hydrogen) atoms. The SMILES string of the molecule is O=C(COc1ccc(/C=C2\SC(=O)N(CC(=O)N3CCCC3)C2=O)cc1)Nc1ccc(Cl)cc1. The van der Waals surface area contributed by atoms with Crippen molar-refractivity contribution in [3.63, 3.8) is 0 Å². The Labute approximate surface area is 205 Å². The van der Waals surface area contributed by atoms with Crippen LogP contribution in [0.25, 0.3) is 6.08 Å². The second kappa shape index (κ2) is 10.8. The van der Waals surface area contributed by atoms with Crippen LogP contribution in [-0.2, 0) is 14.4 Å². The van der Waals surface area contributed by atoms with Crippen LogP contribution in [0.2, 0.25) is 5.02 Å². The highest BCUT2D eigenvalue weighted by Crippen LogP contribution is 2.32. The van der Waals surface area contributed by atoms with Crippen molar-refractivity contribution in [1.29, 1.82) is 0 Å². The summed E-state index contributed by atoms with van der Waals surface area (Å²) in [5.74, 6) is -0.513. The van der Waals surface area contributed by atoms with E-state index >= 15 is 0 Å². The Morgan fingerprint density at radius 1 is 1.03 bits per heavy atom. The van der Waals surface area contributed by atoms with Gasteiger partial charge in [0, 0.05) is 23.8 Å². The molecular weight excluding hydrogens is 478 g/mol. The summed E-state index contributed by atoms with van der Waals surface area (Å²) in [5.41, 5.74) is 1.30. The predicted octanol–water partition coefficient (Wildman–Crippen LogP) is 4.02. The third-order valence-corrected chi connectivity index (χ3v) is 6.46. The maximum absolute atomic E-state index is 12.7. The average molecular weight is 500 g/mol. The summed E-state index contributed by atoms with van der Waals surface area (Å²) in [5, 5.41) is 2.84. The third-order valence-electron chi connectivity index (χ3n) is 5.30. The van der Waals surface area contributed by atoms with Crippen molar-refractivity contribution in [3.05, 3.63) is 64.0 Å². The molecule has 0 aromatic heterocycles. The molecule has 0 bridgehead atoms. The normalized spacial score (nSPS) is 16.9. The summed E-state index contributed by atoms with van der Waals surface area (Å²) < 4.78 is 5.50. The van der Waals surface area contributed by atoms with Crippen LogP contribution in [0.15, 0.2) is 53.4 Å². The molecule has 8 nitrogen and oxygen atoms in total. The van der Waals surface area contributed by atoms with Gasteiger partial charge in [-0.2, -0.15) is 0 Å². The molecule has 2 aromatic carbocycles. The Morgan fingerprint density at radius 2 is 1.71 bits per heavy atom. The number of ether oxygens (including phenoxy) is 1. The van der Waals surface area contributed by atoms with Crippen molar-refractivity contribution in [1.82, 2.24) is 9.80 Å². The van der Waals surface area contributed by atoms with Crippen LogP contribution in [0.3, 0.4) is 0 Å². The second-order valence-corrected chi connectivity index (χ2v) is 9.20. The Hall–Kier alpha value is -3.30. The molecule has 1 N–H and O–H groups in total. The summed E-state index contributed by atoms with van der Waals surface area (Å²) in [6, 6.07) is 13.5. The summed E-state index contributed by atoms with van der Waals surface area (Å²) in [7, 11) is 0. The van der Waals surface area contributed by atoms with Gasteiger partial charge in [0.2, 0.25) is 5.91 Å². The number of thioether (sulfide) groups is 1. The minimum Gasteiger partial charge on any atom is -0.484 e. The smallest absolute Gasteiger partial charge is 0.294 e. The van der Waals surface area contributed by atoms with Gasteiger partial charge < -0.3 is 15.0 Å². The molecule has 4 rings (SSSR count). The quantitative estimate of drug-likeness (QED) is 0.578. The van der Waals surface area contributed by atoms with Gasteiger partial charge >= 0.3 is 0 Å². The van der Waals surface area contributed by atoms with Crippen LogP contribution < -0.4 is 10.1 Å². The molecule has 0 radical (unpaired) electrons.